The number of guanidine groups is 1. The van der Waals surface area contributed by atoms with Gasteiger partial charge in [-0.05, 0) is 31.9 Å². The van der Waals surface area contributed by atoms with E-state index in [2.05, 4.69) is 32.2 Å². The normalized spacial score (nSPS) is 24.1. The quantitative estimate of drug-likeness (QED) is 0.531. The second-order valence-electron chi connectivity index (χ2n) is 7.40. The summed E-state index contributed by atoms with van der Waals surface area (Å²) in [6.07, 6.45) is -3.96. The van der Waals surface area contributed by atoms with Crippen LogP contribution in [0.3, 0.4) is 0 Å². The molecule has 0 amide bonds. The summed E-state index contributed by atoms with van der Waals surface area (Å²) >= 11 is 0. The molecule has 1 heterocycles. The van der Waals surface area contributed by atoms with Crippen LogP contribution < -0.4 is 15.4 Å². The van der Waals surface area contributed by atoms with Crippen molar-refractivity contribution in [2.75, 3.05) is 39.4 Å². The summed E-state index contributed by atoms with van der Waals surface area (Å²) in [7, 11) is 0. The Balaban J connectivity index is 1.58. The number of morpholine rings is 1. The molecular weight excluding hydrogens is 385 g/mol. The lowest BCUT2D eigenvalue weighted by Gasteiger charge is -2.31. The van der Waals surface area contributed by atoms with Crippen molar-refractivity contribution in [2.45, 2.75) is 44.6 Å². The maximum atomic E-state index is 12.7. The minimum Gasteiger partial charge on any atom is -0.405 e. The standard InChI is InChI=1S/C20H29F3N4O2/c1-3-24-19(25-13-14(2)27-8-10-28-11-9-27)26-17-12-16(17)15-6-4-5-7-18(15)29-20(21,22)23/h4-7,14,16-17H,3,8-13H2,1-2H3,(H2,24,25,26). The molecule has 0 radical (unpaired) electrons. The maximum absolute atomic E-state index is 12.7. The molecule has 3 rings (SSSR count). The van der Waals surface area contributed by atoms with Crippen molar-refractivity contribution in [3.63, 3.8) is 0 Å². The monoisotopic (exact) mass is 414 g/mol. The first-order valence-electron chi connectivity index (χ1n) is 10.1. The summed E-state index contributed by atoms with van der Waals surface area (Å²) in [5.41, 5.74) is 0.569. The molecule has 1 saturated heterocycles. The van der Waals surface area contributed by atoms with Crippen LogP contribution in [-0.2, 0) is 4.74 Å². The largest absolute Gasteiger partial charge is 0.573 e. The fourth-order valence-electron chi connectivity index (χ4n) is 3.56. The second kappa shape index (κ2) is 9.67. The minimum absolute atomic E-state index is 0.0319. The van der Waals surface area contributed by atoms with E-state index in [9.17, 15) is 13.2 Å². The van der Waals surface area contributed by atoms with Gasteiger partial charge in [-0.2, -0.15) is 0 Å². The predicted octanol–water partition coefficient (Wildman–Crippen LogP) is 2.72. The van der Waals surface area contributed by atoms with Gasteiger partial charge >= 0.3 is 6.36 Å². The summed E-state index contributed by atoms with van der Waals surface area (Å²) < 4.78 is 47.6. The summed E-state index contributed by atoms with van der Waals surface area (Å²) in [5, 5.41) is 6.57. The van der Waals surface area contributed by atoms with Gasteiger partial charge in [0, 0.05) is 37.6 Å². The van der Waals surface area contributed by atoms with Gasteiger partial charge in [-0.25, -0.2) is 0 Å². The Labute approximate surface area is 169 Å². The van der Waals surface area contributed by atoms with Crippen LogP contribution in [0, 0.1) is 0 Å². The summed E-state index contributed by atoms with van der Waals surface area (Å²) in [6, 6.07) is 6.67. The molecular formula is C20H29F3N4O2. The Kier molecular flexibility index (Phi) is 7.23. The van der Waals surface area contributed by atoms with Crippen molar-refractivity contribution >= 4 is 5.96 Å². The van der Waals surface area contributed by atoms with E-state index in [1.807, 2.05) is 6.92 Å². The highest BCUT2D eigenvalue weighted by atomic mass is 19.4. The number of benzene rings is 1. The molecule has 2 aliphatic rings. The second-order valence-corrected chi connectivity index (χ2v) is 7.40. The summed E-state index contributed by atoms with van der Waals surface area (Å²) in [6.45, 7) is 8.78. The van der Waals surface area contributed by atoms with Crippen LogP contribution in [0.2, 0.25) is 0 Å². The van der Waals surface area contributed by atoms with Gasteiger partial charge in [0.2, 0.25) is 0 Å². The lowest BCUT2D eigenvalue weighted by Crippen LogP contribution is -2.44. The number of aliphatic imine (C=N–C) groups is 1. The van der Waals surface area contributed by atoms with Gasteiger partial charge in [-0.1, -0.05) is 18.2 Å². The smallest absolute Gasteiger partial charge is 0.405 e. The Bertz CT molecular complexity index is 693. The highest BCUT2D eigenvalue weighted by molar-refractivity contribution is 5.80. The first-order valence-corrected chi connectivity index (χ1v) is 10.1. The molecule has 0 spiro atoms. The van der Waals surface area contributed by atoms with E-state index in [1.54, 1.807) is 18.2 Å². The van der Waals surface area contributed by atoms with Crippen molar-refractivity contribution in [3.05, 3.63) is 29.8 Å². The lowest BCUT2D eigenvalue weighted by molar-refractivity contribution is -0.274. The number of hydrogen-bond donors (Lipinski definition) is 2. The van der Waals surface area contributed by atoms with Gasteiger partial charge in [0.15, 0.2) is 5.96 Å². The van der Waals surface area contributed by atoms with Gasteiger partial charge in [0.1, 0.15) is 5.75 Å². The van der Waals surface area contributed by atoms with Gasteiger partial charge in [0.25, 0.3) is 0 Å². The average Bonchev–Trinajstić information content (AvgIpc) is 3.45. The third-order valence-electron chi connectivity index (χ3n) is 5.18. The fraction of sp³-hybridized carbons (Fsp3) is 0.650. The summed E-state index contributed by atoms with van der Waals surface area (Å²) in [4.78, 5) is 7.03. The third-order valence-corrected chi connectivity index (χ3v) is 5.18. The number of nitrogens with one attached hydrogen (secondary N) is 2. The molecule has 6 nitrogen and oxygen atoms in total. The van der Waals surface area contributed by atoms with Crippen LogP contribution in [0.25, 0.3) is 0 Å². The average molecular weight is 414 g/mol. The lowest BCUT2D eigenvalue weighted by atomic mass is 10.1. The molecule has 0 aromatic heterocycles. The SMILES string of the molecule is CCNC(=NCC(C)N1CCOCC1)NC1CC1c1ccccc1OC(F)(F)F. The van der Waals surface area contributed by atoms with Crippen molar-refractivity contribution in [3.8, 4) is 5.75 Å². The molecule has 2 N–H and O–H groups in total. The van der Waals surface area contributed by atoms with Crippen LogP contribution in [-0.4, -0.2) is 68.7 Å². The highest BCUT2D eigenvalue weighted by Gasteiger charge is 2.42. The van der Waals surface area contributed by atoms with E-state index in [0.717, 1.165) is 32.7 Å². The minimum atomic E-state index is -4.69. The number of alkyl halides is 3. The molecule has 1 aromatic carbocycles. The van der Waals surface area contributed by atoms with E-state index in [0.29, 0.717) is 30.7 Å². The number of halogens is 3. The van der Waals surface area contributed by atoms with E-state index < -0.39 is 6.36 Å². The Morgan fingerprint density at radius 3 is 2.72 bits per heavy atom. The Morgan fingerprint density at radius 1 is 1.31 bits per heavy atom. The number of rotatable bonds is 7. The highest BCUT2D eigenvalue weighted by Crippen LogP contribution is 2.45. The molecule has 1 aliphatic heterocycles. The van der Waals surface area contributed by atoms with Crippen molar-refractivity contribution < 1.29 is 22.6 Å². The number of para-hydroxylation sites is 1. The van der Waals surface area contributed by atoms with Gasteiger partial charge < -0.3 is 20.1 Å². The number of ether oxygens (including phenoxy) is 2. The molecule has 0 bridgehead atoms. The van der Waals surface area contributed by atoms with Crippen LogP contribution in [0.15, 0.2) is 29.3 Å². The molecule has 1 aliphatic carbocycles. The molecule has 2 fully saturated rings. The van der Waals surface area contributed by atoms with E-state index in [1.165, 1.54) is 6.07 Å². The predicted molar refractivity (Wildman–Crippen MR) is 105 cm³/mol. The maximum Gasteiger partial charge on any atom is 0.573 e. The fourth-order valence-corrected chi connectivity index (χ4v) is 3.56. The number of nitrogens with zero attached hydrogens (tertiary/aromatic N) is 2. The molecule has 9 heteroatoms. The zero-order valence-electron chi connectivity index (χ0n) is 16.8. The van der Waals surface area contributed by atoms with Crippen molar-refractivity contribution in [1.82, 2.24) is 15.5 Å². The van der Waals surface area contributed by atoms with E-state index in [-0.39, 0.29) is 17.7 Å². The molecule has 1 saturated carbocycles. The molecule has 162 valence electrons. The first-order chi connectivity index (χ1) is 13.9. The molecule has 3 atom stereocenters. The summed E-state index contributed by atoms with van der Waals surface area (Å²) in [5.74, 6) is 0.528. The molecule has 29 heavy (non-hydrogen) atoms. The van der Waals surface area contributed by atoms with Crippen LogP contribution in [0.5, 0.6) is 5.75 Å². The number of hydrogen-bond acceptors (Lipinski definition) is 4. The van der Waals surface area contributed by atoms with Crippen LogP contribution >= 0.6 is 0 Å². The van der Waals surface area contributed by atoms with Gasteiger partial charge in [-0.3, -0.25) is 9.89 Å². The Morgan fingerprint density at radius 2 is 2.03 bits per heavy atom. The van der Waals surface area contributed by atoms with Crippen LogP contribution in [0.4, 0.5) is 13.2 Å². The van der Waals surface area contributed by atoms with Crippen molar-refractivity contribution in [1.29, 1.82) is 0 Å². The zero-order valence-corrected chi connectivity index (χ0v) is 16.8. The first kappa shape index (κ1) is 21.7. The van der Waals surface area contributed by atoms with E-state index >= 15 is 0 Å². The topological polar surface area (TPSA) is 58.1 Å². The van der Waals surface area contributed by atoms with Gasteiger partial charge in [-0.15, -0.1) is 13.2 Å². The van der Waals surface area contributed by atoms with Crippen molar-refractivity contribution in [2.24, 2.45) is 4.99 Å². The third kappa shape index (κ3) is 6.50. The molecule has 1 aromatic rings. The zero-order chi connectivity index (χ0) is 20.9. The molecule has 3 unspecified atom stereocenters. The Hall–Kier alpha value is -2.00. The van der Waals surface area contributed by atoms with Gasteiger partial charge in [0.05, 0.1) is 19.8 Å². The van der Waals surface area contributed by atoms with E-state index in [4.69, 9.17) is 4.74 Å². The van der Waals surface area contributed by atoms with Crippen LogP contribution in [0.1, 0.15) is 31.7 Å².